The van der Waals surface area contributed by atoms with Crippen LogP contribution < -0.4 is 9.47 Å². The number of aliphatic hydroxyl groups is 1. The van der Waals surface area contributed by atoms with Gasteiger partial charge in [0, 0.05) is 5.56 Å². The number of ketones is 2. The first kappa shape index (κ1) is 21.3. The summed E-state index contributed by atoms with van der Waals surface area (Å²) in [6.45, 7) is 1.59. The van der Waals surface area contributed by atoms with Gasteiger partial charge in [0.15, 0.2) is 11.5 Å². The van der Waals surface area contributed by atoms with Gasteiger partial charge in [0.25, 0.3) is 0 Å². The Hall–Kier alpha value is -1.42. The Balaban J connectivity index is 2.39. The molecule has 2 N–H and O–H groups in total. The molecule has 0 fully saturated rings. The Morgan fingerprint density at radius 1 is 0.929 bits per heavy atom. The van der Waals surface area contributed by atoms with Crippen molar-refractivity contribution in [2.24, 2.45) is 0 Å². The number of carbonyl (C=O) groups is 2. The molecule has 0 saturated carbocycles. The van der Waals surface area contributed by atoms with Crippen LogP contribution in [0.2, 0.25) is 0 Å². The highest BCUT2D eigenvalue weighted by atomic mass is 79.9. The highest BCUT2D eigenvalue weighted by Crippen LogP contribution is 2.50. The quantitative estimate of drug-likeness (QED) is 0.477. The van der Waals surface area contributed by atoms with Gasteiger partial charge in [-0.3, -0.25) is 9.59 Å². The zero-order valence-electron chi connectivity index (χ0n) is 15.0. The van der Waals surface area contributed by atoms with E-state index in [1.54, 1.807) is 6.92 Å². The summed E-state index contributed by atoms with van der Waals surface area (Å²) >= 11 is 9.97. The second-order valence-corrected chi connectivity index (χ2v) is 8.66. The monoisotopic (exact) mass is 576 g/mol. The summed E-state index contributed by atoms with van der Waals surface area (Å²) in [4.78, 5) is 26.6. The van der Waals surface area contributed by atoms with E-state index in [-0.39, 0.29) is 44.6 Å². The third kappa shape index (κ3) is 3.08. The maximum Gasteiger partial charge on any atom is 0.202 e. The minimum Gasteiger partial charge on any atom is -0.506 e. The van der Waals surface area contributed by atoms with Crippen LogP contribution in [-0.4, -0.2) is 42.1 Å². The summed E-state index contributed by atoms with van der Waals surface area (Å²) < 4.78 is 11.7. The number of benzene rings is 2. The Bertz CT molecular complexity index is 1030. The third-order valence-electron chi connectivity index (χ3n) is 4.46. The summed E-state index contributed by atoms with van der Waals surface area (Å²) in [5.41, 5.74) is 0.592. The average molecular weight is 579 g/mol. The highest BCUT2D eigenvalue weighted by molar-refractivity contribution is 9.11. The Morgan fingerprint density at radius 3 is 2.07 bits per heavy atom. The summed E-state index contributed by atoms with van der Waals surface area (Å²) in [6, 6.07) is 1.52. The van der Waals surface area contributed by atoms with Gasteiger partial charge in [-0.2, -0.15) is 0 Å². The Kier molecular flexibility index (Phi) is 5.91. The second-order valence-electron chi connectivity index (χ2n) is 6.28. The van der Waals surface area contributed by atoms with Crippen molar-refractivity contribution >= 4 is 59.4 Å². The number of methoxy groups -OCH3 is 2. The molecule has 0 heterocycles. The van der Waals surface area contributed by atoms with E-state index in [1.165, 1.54) is 20.3 Å². The largest absolute Gasteiger partial charge is 0.506 e. The van der Waals surface area contributed by atoms with E-state index < -0.39 is 17.7 Å². The summed E-state index contributed by atoms with van der Waals surface area (Å²) in [6.07, 6.45) is -0.498. The molecule has 0 aliphatic heterocycles. The summed E-state index contributed by atoms with van der Waals surface area (Å²) in [7, 11) is 2.81. The molecule has 0 amide bonds. The van der Waals surface area contributed by atoms with E-state index in [0.717, 1.165) is 0 Å². The number of halogens is 3. The van der Waals surface area contributed by atoms with E-state index in [2.05, 4.69) is 47.8 Å². The van der Waals surface area contributed by atoms with Gasteiger partial charge in [0.1, 0.15) is 16.0 Å². The predicted molar refractivity (Wildman–Crippen MR) is 113 cm³/mol. The first-order valence-corrected chi connectivity index (χ1v) is 10.5. The number of hydrogen-bond acceptors (Lipinski definition) is 6. The Labute approximate surface area is 186 Å². The smallest absolute Gasteiger partial charge is 0.202 e. The standard InChI is InChI=1S/C19H15Br3O6/c1-6(23)4-7-5-8-9(17(26)12(7)20)16(25)11-10(15(8)24)13(21)19(28-3)14(22)18(11)27-2/h5-6,23,26H,4H2,1-3H3. The molecular formula is C19H15Br3O6. The van der Waals surface area contributed by atoms with Gasteiger partial charge < -0.3 is 19.7 Å². The first-order chi connectivity index (χ1) is 13.1. The van der Waals surface area contributed by atoms with Gasteiger partial charge in [-0.25, -0.2) is 0 Å². The molecular weight excluding hydrogens is 564 g/mol. The number of phenolic OH excluding ortho intramolecular Hbond substituents is 1. The number of hydrogen-bond donors (Lipinski definition) is 2. The van der Waals surface area contributed by atoms with Gasteiger partial charge >= 0.3 is 0 Å². The van der Waals surface area contributed by atoms with Crippen LogP contribution in [0.25, 0.3) is 0 Å². The fraction of sp³-hybridized carbons (Fsp3) is 0.263. The maximum atomic E-state index is 13.3. The second kappa shape index (κ2) is 7.78. The fourth-order valence-corrected chi connectivity index (χ4v) is 5.48. The molecule has 1 aliphatic carbocycles. The molecule has 3 rings (SSSR count). The zero-order chi connectivity index (χ0) is 20.9. The molecule has 0 spiro atoms. The maximum absolute atomic E-state index is 13.3. The predicted octanol–water partition coefficient (Wildman–Crippen LogP) is 4.40. The van der Waals surface area contributed by atoms with Crippen LogP contribution in [0.5, 0.6) is 17.2 Å². The van der Waals surface area contributed by atoms with Crippen LogP contribution in [0, 0.1) is 0 Å². The average Bonchev–Trinajstić information content (AvgIpc) is 2.63. The van der Waals surface area contributed by atoms with Crippen molar-refractivity contribution in [1.82, 2.24) is 0 Å². The lowest BCUT2D eigenvalue weighted by molar-refractivity contribution is 0.0972. The molecule has 1 aliphatic rings. The lowest BCUT2D eigenvalue weighted by atomic mass is 9.81. The fourth-order valence-electron chi connectivity index (χ4n) is 3.28. The number of phenols is 1. The van der Waals surface area contributed by atoms with Crippen LogP contribution in [0.4, 0.5) is 0 Å². The van der Waals surface area contributed by atoms with Crippen molar-refractivity contribution in [3.05, 3.63) is 47.3 Å². The van der Waals surface area contributed by atoms with E-state index in [4.69, 9.17) is 9.47 Å². The van der Waals surface area contributed by atoms with Crippen LogP contribution in [0.3, 0.4) is 0 Å². The van der Waals surface area contributed by atoms with Crippen molar-refractivity contribution in [1.29, 1.82) is 0 Å². The Morgan fingerprint density at radius 2 is 1.54 bits per heavy atom. The van der Waals surface area contributed by atoms with E-state index in [0.29, 0.717) is 20.3 Å². The minimum absolute atomic E-state index is 0.0324. The highest BCUT2D eigenvalue weighted by Gasteiger charge is 2.40. The van der Waals surface area contributed by atoms with Gasteiger partial charge in [-0.15, -0.1) is 0 Å². The summed E-state index contributed by atoms with van der Waals surface area (Å²) in [5, 5.41) is 20.4. The molecule has 0 bridgehead atoms. The van der Waals surface area contributed by atoms with Crippen molar-refractivity contribution in [3.8, 4) is 17.2 Å². The molecule has 2 aromatic rings. The number of aliphatic hydroxyl groups excluding tert-OH is 1. The van der Waals surface area contributed by atoms with Crippen LogP contribution >= 0.6 is 47.8 Å². The molecule has 9 heteroatoms. The molecule has 28 heavy (non-hydrogen) atoms. The molecule has 6 nitrogen and oxygen atoms in total. The summed E-state index contributed by atoms with van der Waals surface area (Å²) in [5.74, 6) is -0.904. The minimum atomic E-state index is -0.696. The van der Waals surface area contributed by atoms with E-state index in [9.17, 15) is 19.8 Å². The zero-order valence-corrected chi connectivity index (χ0v) is 19.8. The number of fused-ring (bicyclic) bond motifs is 2. The van der Waals surface area contributed by atoms with Crippen molar-refractivity contribution in [3.63, 3.8) is 0 Å². The number of carbonyl (C=O) groups excluding carboxylic acids is 2. The van der Waals surface area contributed by atoms with Crippen LogP contribution in [-0.2, 0) is 6.42 Å². The molecule has 148 valence electrons. The third-order valence-corrected chi connectivity index (χ3v) is 6.82. The lowest BCUT2D eigenvalue weighted by Gasteiger charge is -2.25. The number of aromatic hydroxyl groups is 1. The van der Waals surface area contributed by atoms with Gasteiger partial charge in [0.05, 0.1) is 46.0 Å². The van der Waals surface area contributed by atoms with Gasteiger partial charge in [0.2, 0.25) is 5.78 Å². The molecule has 0 saturated heterocycles. The molecule has 0 radical (unpaired) electrons. The van der Waals surface area contributed by atoms with Crippen LogP contribution in [0.15, 0.2) is 19.5 Å². The van der Waals surface area contributed by atoms with Crippen molar-refractivity contribution < 1.29 is 29.3 Å². The van der Waals surface area contributed by atoms with E-state index in [1.807, 2.05) is 0 Å². The topological polar surface area (TPSA) is 93.1 Å². The van der Waals surface area contributed by atoms with E-state index >= 15 is 0 Å². The van der Waals surface area contributed by atoms with Crippen molar-refractivity contribution in [2.75, 3.05) is 14.2 Å². The SMILES string of the molecule is COc1c(Br)c(OC)c2c(c1Br)C(=O)c1cc(CC(C)O)c(Br)c(O)c1C2=O. The molecule has 1 unspecified atom stereocenters. The van der Waals surface area contributed by atoms with Crippen LogP contribution in [0.1, 0.15) is 44.3 Å². The molecule has 2 aromatic carbocycles. The van der Waals surface area contributed by atoms with Gasteiger partial charge in [-0.05, 0) is 72.8 Å². The van der Waals surface area contributed by atoms with Crippen molar-refractivity contribution in [2.45, 2.75) is 19.4 Å². The lowest BCUT2D eigenvalue weighted by Crippen LogP contribution is -2.24. The van der Waals surface area contributed by atoms with Gasteiger partial charge in [-0.1, -0.05) is 0 Å². The molecule has 0 aromatic heterocycles. The number of ether oxygens (including phenoxy) is 2. The number of rotatable bonds is 4. The molecule has 1 atom stereocenters. The first-order valence-electron chi connectivity index (χ1n) is 8.10. The normalized spacial score (nSPS) is 13.8.